The lowest BCUT2D eigenvalue weighted by molar-refractivity contribution is -0.122. The number of hydrogen-bond acceptors (Lipinski definition) is 2. The van der Waals surface area contributed by atoms with Crippen molar-refractivity contribution in [3.05, 3.63) is 35.4 Å². The molecule has 1 saturated heterocycles. The Hall–Kier alpha value is -1.20. The van der Waals surface area contributed by atoms with Gasteiger partial charge in [0.15, 0.2) is 0 Å². The maximum atomic E-state index is 13.6. The van der Waals surface area contributed by atoms with E-state index in [0.717, 1.165) is 25.9 Å². The van der Waals surface area contributed by atoms with E-state index in [0.29, 0.717) is 12.3 Å². The van der Waals surface area contributed by atoms with E-state index in [-0.39, 0.29) is 23.9 Å². The van der Waals surface area contributed by atoms with Gasteiger partial charge >= 0.3 is 0 Å². The van der Waals surface area contributed by atoms with Gasteiger partial charge in [-0.2, -0.15) is 0 Å². The molecule has 1 unspecified atom stereocenters. The fourth-order valence-electron chi connectivity index (χ4n) is 2.64. The highest BCUT2D eigenvalue weighted by atomic mass is 35.5. The first-order valence-electron chi connectivity index (χ1n) is 7.02. The summed E-state index contributed by atoms with van der Waals surface area (Å²) in [5.41, 5.74) is -0.0776. The van der Waals surface area contributed by atoms with Crippen molar-refractivity contribution in [2.75, 3.05) is 13.1 Å². The van der Waals surface area contributed by atoms with Crippen LogP contribution in [0.2, 0.25) is 0 Å². The number of carbonyl (C=O) groups is 1. The summed E-state index contributed by atoms with van der Waals surface area (Å²) in [6.45, 7) is 3.45. The van der Waals surface area contributed by atoms with Crippen LogP contribution >= 0.6 is 12.4 Å². The Bertz CT molecular complexity index is 458. The molecule has 1 aliphatic rings. The van der Waals surface area contributed by atoms with Crippen molar-refractivity contribution in [2.45, 2.75) is 32.2 Å². The number of nitrogens with one attached hydrogen (secondary N) is 2. The van der Waals surface area contributed by atoms with Gasteiger partial charge in [-0.3, -0.25) is 4.79 Å². The van der Waals surface area contributed by atoms with Crippen molar-refractivity contribution in [3.8, 4) is 0 Å². The van der Waals surface area contributed by atoms with E-state index in [4.69, 9.17) is 0 Å². The predicted octanol–water partition coefficient (Wildman–Crippen LogP) is 2.95. The zero-order valence-corrected chi connectivity index (χ0v) is 12.8. The molecule has 0 aliphatic carbocycles. The molecule has 0 radical (unpaired) electrons. The molecule has 2 rings (SSSR count). The number of piperidine rings is 1. The minimum absolute atomic E-state index is 0. The van der Waals surface area contributed by atoms with Gasteiger partial charge in [-0.15, -0.1) is 12.4 Å². The first-order chi connectivity index (χ1) is 9.58. The standard InChI is InChI=1S/C15H20F2N2O.ClH/c1-10(15-12(16)3-2-4-13(15)17)19-14(20)9-11-5-7-18-8-6-11;/h2-4,10-11,18H,5-9H2,1H3,(H,19,20);1H. The number of rotatable bonds is 4. The molecule has 1 amide bonds. The molecule has 1 heterocycles. The Morgan fingerprint density at radius 3 is 2.48 bits per heavy atom. The molecule has 21 heavy (non-hydrogen) atoms. The van der Waals surface area contributed by atoms with E-state index >= 15 is 0 Å². The van der Waals surface area contributed by atoms with E-state index < -0.39 is 17.7 Å². The fraction of sp³-hybridized carbons (Fsp3) is 0.533. The molecule has 6 heteroatoms. The van der Waals surface area contributed by atoms with Crippen LogP contribution in [0.3, 0.4) is 0 Å². The van der Waals surface area contributed by atoms with Gasteiger partial charge < -0.3 is 10.6 Å². The van der Waals surface area contributed by atoms with Crippen LogP contribution in [0, 0.1) is 17.6 Å². The molecule has 1 atom stereocenters. The largest absolute Gasteiger partial charge is 0.349 e. The molecular formula is C15H21ClF2N2O. The molecule has 0 saturated carbocycles. The first-order valence-corrected chi connectivity index (χ1v) is 7.02. The van der Waals surface area contributed by atoms with Crippen molar-refractivity contribution in [1.82, 2.24) is 10.6 Å². The Kier molecular flexibility index (Phi) is 7.05. The number of carbonyl (C=O) groups excluding carboxylic acids is 1. The minimum Gasteiger partial charge on any atom is -0.349 e. The Balaban J connectivity index is 0.00000220. The molecule has 118 valence electrons. The highest BCUT2D eigenvalue weighted by molar-refractivity contribution is 5.85. The van der Waals surface area contributed by atoms with Gasteiger partial charge in [-0.1, -0.05) is 6.07 Å². The second-order valence-electron chi connectivity index (χ2n) is 5.32. The summed E-state index contributed by atoms with van der Waals surface area (Å²) in [6.07, 6.45) is 2.35. The van der Waals surface area contributed by atoms with Crippen molar-refractivity contribution in [1.29, 1.82) is 0 Å². The second kappa shape index (κ2) is 8.29. The van der Waals surface area contributed by atoms with Crippen molar-refractivity contribution in [3.63, 3.8) is 0 Å². The van der Waals surface area contributed by atoms with Gasteiger partial charge in [-0.05, 0) is 50.9 Å². The van der Waals surface area contributed by atoms with E-state index in [1.54, 1.807) is 6.92 Å². The summed E-state index contributed by atoms with van der Waals surface area (Å²) in [6, 6.07) is 3.06. The lowest BCUT2D eigenvalue weighted by Crippen LogP contribution is -2.33. The maximum Gasteiger partial charge on any atom is 0.220 e. The van der Waals surface area contributed by atoms with Gasteiger partial charge in [0.2, 0.25) is 5.91 Å². The number of benzene rings is 1. The molecule has 2 N–H and O–H groups in total. The van der Waals surface area contributed by atoms with Crippen LogP contribution in [0.4, 0.5) is 8.78 Å². The lowest BCUT2D eigenvalue weighted by atomic mass is 9.94. The highest BCUT2D eigenvalue weighted by Crippen LogP contribution is 2.21. The Morgan fingerprint density at radius 1 is 1.33 bits per heavy atom. The summed E-state index contributed by atoms with van der Waals surface area (Å²) < 4.78 is 27.2. The molecule has 0 spiro atoms. The average molecular weight is 319 g/mol. The average Bonchev–Trinajstić information content (AvgIpc) is 2.39. The third-order valence-corrected chi connectivity index (χ3v) is 3.74. The molecule has 3 nitrogen and oxygen atoms in total. The number of amides is 1. The van der Waals surface area contributed by atoms with Crippen LogP contribution in [0.5, 0.6) is 0 Å². The van der Waals surface area contributed by atoms with Crippen molar-refractivity contribution in [2.24, 2.45) is 5.92 Å². The topological polar surface area (TPSA) is 41.1 Å². The summed E-state index contributed by atoms with van der Waals surface area (Å²) in [5, 5.41) is 5.92. The zero-order chi connectivity index (χ0) is 14.5. The first kappa shape index (κ1) is 17.9. The molecule has 1 aliphatic heterocycles. The molecule has 1 fully saturated rings. The maximum absolute atomic E-state index is 13.6. The molecule has 0 aromatic heterocycles. The molecule has 1 aromatic rings. The lowest BCUT2D eigenvalue weighted by Gasteiger charge is -2.23. The summed E-state index contributed by atoms with van der Waals surface area (Å²) in [7, 11) is 0. The third kappa shape index (κ3) is 4.93. The smallest absolute Gasteiger partial charge is 0.220 e. The molecule has 0 bridgehead atoms. The minimum atomic E-state index is -0.662. The van der Waals surface area contributed by atoms with E-state index in [2.05, 4.69) is 10.6 Å². The third-order valence-electron chi connectivity index (χ3n) is 3.74. The second-order valence-corrected chi connectivity index (χ2v) is 5.32. The van der Waals surface area contributed by atoms with E-state index in [1.165, 1.54) is 18.2 Å². The van der Waals surface area contributed by atoms with Crippen LogP contribution in [0.15, 0.2) is 18.2 Å². The number of hydrogen-bond donors (Lipinski definition) is 2. The van der Waals surface area contributed by atoms with Crippen LogP contribution in [-0.4, -0.2) is 19.0 Å². The van der Waals surface area contributed by atoms with E-state index in [9.17, 15) is 13.6 Å². The van der Waals surface area contributed by atoms with Gasteiger partial charge in [0.25, 0.3) is 0 Å². The van der Waals surface area contributed by atoms with Gasteiger partial charge in [-0.25, -0.2) is 8.78 Å². The van der Waals surface area contributed by atoms with E-state index in [1.807, 2.05) is 0 Å². The van der Waals surface area contributed by atoms with Crippen molar-refractivity contribution < 1.29 is 13.6 Å². The normalized spacial score (nSPS) is 16.9. The summed E-state index contributed by atoms with van der Waals surface area (Å²) in [5.74, 6) is -1.04. The monoisotopic (exact) mass is 318 g/mol. The van der Waals surface area contributed by atoms with Crippen LogP contribution < -0.4 is 10.6 Å². The van der Waals surface area contributed by atoms with Crippen LogP contribution in [0.25, 0.3) is 0 Å². The molecule has 1 aromatic carbocycles. The quantitative estimate of drug-likeness (QED) is 0.896. The summed E-state index contributed by atoms with van der Waals surface area (Å²) in [4.78, 5) is 11.9. The van der Waals surface area contributed by atoms with Crippen molar-refractivity contribution >= 4 is 18.3 Å². The molecular weight excluding hydrogens is 298 g/mol. The Labute approximate surface area is 129 Å². The summed E-state index contributed by atoms with van der Waals surface area (Å²) >= 11 is 0. The fourth-order valence-corrected chi connectivity index (χ4v) is 2.64. The van der Waals surface area contributed by atoms with Crippen LogP contribution in [0.1, 0.15) is 37.8 Å². The van der Waals surface area contributed by atoms with Gasteiger partial charge in [0, 0.05) is 12.0 Å². The highest BCUT2D eigenvalue weighted by Gasteiger charge is 2.21. The SMILES string of the molecule is CC(NC(=O)CC1CCNCC1)c1c(F)cccc1F.Cl. The zero-order valence-electron chi connectivity index (χ0n) is 12.0. The Morgan fingerprint density at radius 2 is 1.90 bits per heavy atom. The van der Waals surface area contributed by atoms with Crippen LogP contribution in [-0.2, 0) is 4.79 Å². The predicted molar refractivity (Wildman–Crippen MR) is 80.4 cm³/mol. The van der Waals surface area contributed by atoms with Gasteiger partial charge in [0.05, 0.1) is 6.04 Å². The van der Waals surface area contributed by atoms with Gasteiger partial charge in [0.1, 0.15) is 11.6 Å². The number of halogens is 3.